The number of aromatic nitrogens is 2. The van der Waals surface area contributed by atoms with E-state index in [1.807, 2.05) is 0 Å². The molecule has 1 aromatic carbocycles. The molecular formula is C21H15Cl2F3N2O5. The fourth-order valence-corrected chi connectivity index (χ4v) is 3.67. The number of halogens is 5. The number of nitrogens with zero attached hydrogens (tertiary/aromatic N) is 2. The minimum Gasteiger partial charge on any atom is -0.456 e. The lowest BCUT2D eigenvalue weighted by Gasteiger charge is -2.37. The van der Waals surface area contributed by atoms with E-state index in [0.29, 0.717) is 0 Å². The van der Waals surface area contributed by atoms with Crippen LogP contribution in [0.5, 0.6) is 17.4 Å². The number of carboxylic acid groups (broad SMARTS) is 1. The Labute approximate surface area is 195 Å². The normalized spacial score (nSPS) is 14.3. The molecule has 2 heterocycles. The summed E-state index contributed by atoms with van der Waals surface area (Å²) < 4.78 is 52.0. The maximum Gasteiger partial charge on any atom is 0.512 e. The highest BCUT2D eigenvalue weighted by Crippen LogP contribution is 2.50. The SMILES string of the molecule is CC(c1ccc(Oc2ccc(OC(=O)O)nc2)cc1Cl)C(O)(c1ccnc(Cl)c1)C(F)(F)F. The molecule has 3 aromatic rings. The molecule has 0 fully saturated rings. The summed E-state index contributed by atoms with van der Waals surface area (Å²) in [5.41, 5.74) is -3.76. The van der Waals surface area contributed by atoms with E-state index in [0.717, 1.165) is 18.3 Å². The van der Waals surface area contributed by atoms with E-state index in [1.54, 1.807) is 0 Å². The van der Waals surface area contributed by atoms with Gasteiger partial charge in [-0.1, -0.05) is 36.2 Å². The third-order valence-electron chi connectivity index (χ3n) is 4.80. The van der Waals surface area contributed by atoms with Crippen LogP contribution in [0.25, 0.3) is 0 Å². The van der Waals surface area contributed by atoms with Crippen molar-refractivity contribution in [2.45, 2.75) is 24.6 Å². The number of hydrogen-bond acceptors (Lipinski definition) is 6. The van der Waals surface area contributed by atoms with Gasteiger partial charge in [0.15, 0.2) is 5.60 Å². The van der Waals surface area contributed by atoms with E-state index in [4.69, 9.17) is 33.0 Å². The van der Waals surface area contributed by atoms with Gasteiger partial charge in [-0.2, -0.15) is 13.2 Å². The van der Waals surface area contributed by atoms with Crippen LogP contribution >= 0.6 is 23.2 Å². The molecule has 33 heavy (non-hydrogen) atoms. The Kier molecular flexibility index (Phi) is 7.01. The van der Waals surface area contributed by atoms with Crippen molar-refractivity contribution in [3.05, 3.63) is 76.2 Å². The third kappa shape index (κ3) is 5.29. The lowest BCUT2D eigenvalue weighted by molar-refractivity contribution is -0.274. The number of pyridine rings is 2. The first kappa shape index (κ1) is 24.6. The standard InChI is InChI=1S/C21H15Cl2F3N2O5/c1-11(20(31,21(24,25)26)12-6-7-27-17(23)8-12)15-4-2-13(9-16(15)22)32-14-3-5-18(28-10-14)33-19(29)30/h2-11,31H,1H3,(H,29,30). The summed E-state index contributed by atoms with van der Waals surface area (Å²) in [6.07, 6.45) is -4.32. The molecule has 3 rings (SSSR count). The van der Waals surface area contributed by atoms with Crippen molar-refractivity contribution < 1.29 is 37.7 Å². The summed E-state index contributed by atoms with van der Waals surface area (Å²) in [7, 11) is 0. The van der Waals surface area contributed by atoms with Crippen LogP contribution in [0.1, 0.15) is 24.0 Å². The largest absolute Gasteiger partial charge is 0.512 e. The Morgan fingerprint density at radius 2 is 1.76 bits per heavy atom. The minimum absolute atomic E-state index is 0.0140. The van der Waals surface area contributed by atoms with Gasteiger partial charge >= 0.3 is 12.3 Å². The van der Waals surface area contributed by atoms with Crippen molar-refractivity contribution >= 4 is 29.4 Å². The summed E-state index contributed by atoms with van der Waals surface area (Å²) in [6.45, 7) is 1.19. The van der Waals surface area contributed by atoms with E-state index in [-0.39, 0.29) is 33.1 Å². The van der Waals surface area contributed by atoms with Crippen LogP contribution in [0.3, 0.4) is 0 Å². The van der Waals surface area contributed by atoms with Crippen LogP contribution in [-0.4, -0.2) is 32.5 Å². The number of ether oxygens (including phenoxy) is 2. The summed E-state index contributed by atoms with van der Waals surface area (Å²) in [5.74, 6) is -1.32. The Hall–Kier alpha value is -3.08. The number of benzene rings is 1. The van der Waals surface area contributed by atoms with Crippen molar-refractivity contribution in [2.75, 3.05) is 0 Å². The molecule has 0 saturated heterocycles. The zero-order chi connectivity index (χ0) is 24.4. The van der Waals surface area contributed by atoms with E-state index < -0.39 is 29.4 Å². The molecule has 0 bridgehead atoms. The molecule has 0 amide bonds. The molecule has 0 aliphatic carbocycles. The number of aliphatic hydroxyl groups is 1. The van der Waals surface area contributed by atoms with E-state index in [2.05, 4.69) is 14.7 Å². The van der Waals surface area contributed by atoms with Crippen LogP contribution in [0.4, 0.5) is 18.0 Å². The average molecular weight is 503 g/mol. The number of alkyl halides is 3. The molecule has 0 aliphatic rings. The summed E-state index contributed by atoms with van der Waals surface area (Å²) in [6, 6.07) is 8.57. The van der Waals surface area contributed by atoms with Crippen LogP contribution in [0.2, 0.25) is 10.2 Å². The van der Waals surface area contributed by atoms with Gasteiger partial charge in [-0.3, -0.25) is 0 Å². The van der Waals surface area contributed by atoms with Gasteiger partial charge in [0, 0.05) is 23.2 Å². The maximum atomic E-state index is 14.0. The zero-order valence-electron chi connectivity index (χ0n) is 16.7. The van der Waals surface area contributed by atoms with Gasteiger partial charge in [0.05, 0.1) is 6.20 Å². The van der Waals surface area contributed by atoms with Gasteiger partial charge < -0.3 is 19.7 Å². The first-order valence-electron chi connectivity index (χ1n) is 9.17. The van der Waals surface area contributed by atoms with Gasteiger partial charge in [-0.15, -0.1) is 0 Å². The smallest absolute Gasteiger partial charge is 0.456 e. The lowest BCUT2D eigenvalue weighted by Crippen LogP contribution is -2.46. The van der Waals surface area contributed by atoms with Crippen molar-refractivity contribution in [3.63, 3.8) is 0 Å². The van der Waals surface area contributed by atoms with Gasteiger partial charge in [-0.25, -0.2) is 14.8 Å². The van der Waals surface area contributed by atoms with E-state index in [1.165, 1.54) is 43.5 Å². The fraction of sp³-hybridized carbons (Fsp3) is 0.190. The van der Waals surface area contributed by atoms with Crippen molar-refractivity contribution in [1.29, 1.82) is 0 Å². The van der Waals surface area contributed by atoms with Crippen LogP contribution in [0, 0.1) is 0 Å². The number of rotatable bonds is 6. The molecule has 0 saturated carbocycles. The van der Waals surface area contributed by atoms with Crippen molar-refractivity contribution in [2.24, 2.45) is 0 Å². The van der Waals surface area contributed by atoms with Gasteiger partial charge in [0.2, 0.25) is 5.88 Å². The van der Waals surface area contributed by atoms with Gasteiger partial charge in [-0.05, 0) is 41.5 Å². The van der Waals surface area contributed by atoms with Crippen molar-refractivity contribution in [3.8, 4) is 17.4 Å². The maximum absolute atomic E-state index is 14.0. The quantitative estimate of drug-likeness (QED) is 0.306. The predicted molar refractivity (Wildman–Crippen MR) is 112 cm³/mol. The molecular weight excluding hydrogens is 488 g/mol. The first-order valence-corrected chi connectivity index (χ1v) is 9.92. The first-order chi connectivity index (χ1) is 15.4. The highest BCUT2D eigenvalue weighted by molar-refractivity contribution is 6.31. The molecule has 2 atom stereocenters. The molecule has 174 valence electrons. The molecule has 12 heteroatoms. The van der Waals surface area contributed by atoms with Gasteiger partial charge in [0.1, 0.15) is 16.7 Å². The van der Waals surface area contributed by atoms with Crippen LogP contribution < -0.4 is 9.47 Å². The summed E-state index contributed by atoms with van der Waals surface area (Å²) in [4.78, 5) is 17.9. The second-order valence-corrected chi connectivity index (χ2v) is 7.63. The van der Waals surface area contributed by atoms with Crippen LogP contribution in [0.15, 0.2) is 54.9 Å². The second-order valence-electron chi connectivity index (χ2n) is 6.84. The molecule has 2 unspecified atom stereocenters. The second kappa shape index (κ2) is 9.42. The Morgan fingerprint density at radius 1 is 1.06 bits per heavy atom. The minimum atomic E-state index is -5.05. The molecule has 0 radical (unpaired) electrons. The monoisotopic (exact) mass is 502 g/mol. The lowest BCUT2D eigenvalue weighted by atomic mass is 9.78. The van der Waals surface area contributed by atoms with Crippen molar-refractivity contribution in [1.82, 2.24) is 9.97 Å². The molecule has 2 N–H and O–H groups in total. The highest BCUT2D eigenvalue weighted by atomic mass is 35.5. The topological polar surface area (TPSA) is 102 Å². The molecule has 0 spiro atoms. The Morgan fingerprint density at radius 3 is 2.30 bits per heavy atom. The molecule has 7 nitrogen and oxygen atoms in total. The predicted octanol–water partition coefficient (Wildman–Crippen LogP) is 6.19. The summed E-state index contributed by atoms with van der Waals surface area (Å²) in [5, 5.41) is 19.1. The van der Waals surface area contributed by atoms with E-state index in [9.17, 15) is 23.1 Å². The fourth-order valence-electron chi connectivity index (χ4n) is 3.16. The number of hydrogen-bond donors (Lipinski definition) is 2. The van der Waals surface area contributed by atoms with Gasteiger partial charge in [0.25, 0.3) is 0 Å². The average Bonchev–Trinajstić information content (AvgIpc) is 2.73. The third-order valence-corrected chi connectivity index (χ3v) is 5.33. The Bertz CT molecular complexity index is 1160. The van der Waals surface area contributed by atoms with Crippen LogP contribution in [-0.2, 0) is 5.60 Å². The Balaban J connectivity index is 1.89. The molecule has 2 aromatic heterocycles. The summed E-state index contributed by atoms with van der Waals surface area (Å²) >= 11 is 12.0. The highest BCUT2D eigenvalue weighted by Gasteiger charge is 2.59. The number of carbonyl (C=O) groups is 1. The van der Waals surface area contributed by atoms with E-state index >= 15 is 0 Å². The zero-order valence-corrected chi connectivity index (χ0v) is 18.2. The molecule has 0 aliphatic heterocycles.